The van der Waals surface area contributed by atoms with Gasteiger partial charge >= 0.3 is 0 Å². The van der Waals surface area contributed by atoms with Gasteiger partial charge < -0.3 is 10.1 Å². The Balaban J connectivity index is 2.08. The highest BCUT2D eigenvalue weighted by Gasteiger charge is 2.14. The Kier molecular flexibility index (Phi) is 6.95. The lowest BCUT2D eigenvalue weighted by Gasteiger charge is -2.16. The van der Waals surface area contributed by atoms with E-state index in [9.17, 15) is 4.79 Å². The van der Waals surface area contributed by atoms with Gasteiger partial charge in [0.25, 0.3) is 5.91 Å². The molecule has 0 spiro atoms. The van der Waals surface area contributed by atoms with E-state index in [1.165, 1.54) is 0 Å². The van der Waals surface area contributed by atoms with Crippen LogP contribution in [-0.2, 0) is 0 Å². The van der Waals surface area contributed by atoms with Crippen LogP contribution < -0.4 is 15.4 Å². The fourth-order valence-corrected chi connectivity index (χ4v) is 2.63. The van der Waals surface area contributed by atoms with Crippen LogP contribution in [0.4, 0.5) is 5.69 Å². The van der Waals surface area contributed by atoms with E-state index in [0.29, 0.717) is 23.8 Å². The lowest BCUT2D eigenvalue weighted by atomic mass is 10.0. The van der Waals surface area contributed by atoms with Crippen LogP contribution in [0, 0.1) is 0 Å². The predicted octanol–water partition coefficient (Wildman–Crippen LogP) is 4.73. The molecule has 2 N–H and O–H groups in total. The third kappa shape index (κ3) is 5.29. The largest absolute Gasteiger partial charge is 0.493 e. The summed E-state index contributed by atoms with van der Waals surface area (Å²) < 4.78 is 5.63. The van der Waals surface area contributed by atoms with Crippen molar-refractivity contribution in [1.29, 1.82) is 0 Å². The summed E-state index contributed by atoms with van der Waals surface area (Å²) in [6.07, 6.45) is 0.877. The summed E-state index contributed by atoms with van der Waals surface area (Å²) >= 11 is 5.31. The number of ether oxygens (including phenoxy) is 1. The van der Waals surface area contributed by atoms with Crippen molar-refractivity contribution < 1.29 is 9.53 Å². The van der Waals surface area contributed by atoms with Gasteiger partial charge in [-0.1, -0.05) is 51.1 Å². The van der Waals surface area contributed by atoms with Crippen molar-refractivity contribution in [3.05, 3.63) is 59.7 Å². The second-order valence-corrected chi connectivity index (χ2v) is 6.40. The number of para-hydroxylation sites is 2. The van der Waals surface area contributed by atoms with Crippen LogP contribution in [-0.4, -0.2) is 17.6 Å². The van der Waals surface area contributed by atoms with Gasteiger partial charge in [0.15, 0.2) is 5.11 Å². The van der Waals surface area contributed by atoms with Crippen molar-refractivity contribution in [2.75, 3.05) is 11.9 Å². The van der Waals surface area contributed by atoms with Crippen molar-refractivity contribution in [3.8, 4) is 5.75 Å². The molecule has 0 atom stereocenters. The number of amides is 1. The first-order valence-electron chi connectivity index (χ1n) is 8.46. The number of carbonyl (C=O) groups excluding carboxylic acids is 1. The summed E-state index contributed by atoms with van der Waals surface area (Å²) in [4.78, 5) is 12.5. The maximum Gasteiger partial charge on any atom is 0.261 e. The molecule has 0 aromatic heterocycles. The van der Waals surface area contributed by atoms with Gasteiger partial charge in [-0.25, -0.2) is 0 Å². The molecule has 0 heterocycles. The van der Waals surface area contributed by atoms with Gasteiger partial charge in [-0.2, -0.15) is 0 Å². The first-order valence-corrected chi connectivity index (χ1v) is 8.86. The molecule has 0 aliphatic heterocycles. The SMILES string of the molecule is CCCOc1ccccc1C(=O)NC(=S)Nc1ccccc1C(C)C. The number of anilines is 1. The van der Waals surface area contributed by atoms with Crippen molar-refractivity contribution in [2.24, 2.45) is 0 Å². The molecule has 1 amide bonds. The van der Waals surface area contributed by atoms with Crippen LogP contribution in [0.1, 0.15) is 49.0 Å². The van der Waals surface area contributed by atoms with E-state index in [2.05, 4.69) is 24.5 Å². The Morgan fingerprint density at radius 1 is 1.12 bits per heavy atom. The second kappa shape index (κ2) is 9.18. The molecule has 132 valence electrons. The second-order valence-electron chi connectivity index (χ2n) is 5.99. The average molecular weight is 356 g/mol. The van der Waals surface area contributed by atoms with Gasteiger partial charge in [0.05, 0.1) is 12.2 Å². The van der Waals surface area contributed by atoms with E-state index < -0.39 is 0 Å². The zero-order valence-electron chi connectivity index (χ0n) is 14.8. The Hall–Kier alpha value is -2.40. The molecule has 4 nitrogen and oxygen atoms in total. The number of carbonyl (C=O) groups is 1. The first kappa shape index (κ1) is 18.9. The Morgan fingerprint density at radius 2 is 1.80 bits per heavy atom. The number of rotatable bonds is 6. The average Bonchev–Trinajstić information content (AvgIpc) is 2.60. The summed E-state index contributed by atoms with van der Waals surface area (Å²) in [6, 6.07) is 15.1. The predicted molar refractivity (Wildman–Crippen MR) is 106 cm³/mol. The molecule has 0 saturated heterocycles. The van der Waals surface area contributed by atoms with Crippen molar-refractivity contribution in [2.45, 2.75) is 33.1 Å². The molecular formula is C20H24N2O2S. The fourth-order valence-electron chi connectivity index (χ4n) is 2.43. The molecule has 0 aliphatic carbocycles. The molecule has 2 aromatic carbocycles. The zero-order chi connectivity index (χ0) is 18.2. The number of hydrogen-bond acceptors (Lipinski definition) is 3. The molecular weight excluding hydrogens is 332 g/mol. The lowest BCUT2D eigenvalue weighted by Crippen LogP contribution is -2.34. The van der Waals surface area contributed by atoms with E-state index in [4.69, 9.17) is 17.0 Å². The van der Waals surface area contributed by atoms with Crippen LogP contribution >= 0.6 is 12.2 Å². The summed E-state index contributed by atoms with van der Waals surface area (Å²) in [5.74, 6) is 0.629. The van der Waals surface area contributed by atoms with Crippen molar-refractivity contribution in [3.63, 3.8) is 0 Å². The Morgan fingerprint density at radius 3 is 2.52 bits per heavy atom. The Bertz CT molecular complexity index is 744. The molecule has 0 radical (unpaired) electrons. The standard InChI is InChI=1S/C20H24N2O2S/c1-4-13-24-18-12-8-6-10-16(18)19(23)22-20(25)21-17-11-7-5-9-15(17)14(2)3/h5-12,14H,4,13H2,1-3H3,(H2,21,22,23,25). The highest BCUT2D eigenvalue weighted by molar-refractivity contribution is 7.80. The monoisotopic (exact) mass is 356 g/mol. The zero-order valence-corrected chi connectivity index (χ0v) is 15.7. The molecule has 0 aliphatic rings. The third-order valence-electron chi connectivity index (χ3n) is 3.65. The summed E-state index contributed by atoms with van der Waals surface area (Å²) in [5, 5.41) is 6.11. The molecule has 0 saturated carbocycles. The molecule has 0 bridgehead atoms. The minimum atomic E-state index is -0.286. The highest BCUT2D eigenvalue weighted by Crippen LogP contribution is 2.23. The normalized spacial score (nSPS) is 10.4. The van der Waals surface area contributed by atoms with Gasteiger partial charge in [0.1, 0.15) is 5.75 Å². The van der Waals surface area contributed by atoms with Crippen LogP contribution in [0.2, 0.25) is 0 Å². The van der Waals surface area contributed by atoms with Gasteiger partial charge in [-0.3, -0.25) is 10.1 Å². The van der Waals surface area contributed by atoms with Crippen molar-refractivity contribution >= 4 is 28.9 Å². The van der Waals surface area contributed by atoms with E-state index >= 15 is 0 Å². The van der Waals surface area contributed by atoms with E-state index in [0.717, 1.165) is 17.7 Å². The van der Waals surface area contributed by atoms with Gasteiger partial charge in [-0.05, 0) is 48.3 Å². The van der Waals surface area contributed by atoms with E-state index in [1.54, 1.807) is 18.2 Å². The third-order valence-corrected chi connectivity index (χ3v) is 3.86. The van der Waals surface area contributed by atoms with E-state index in [-0.39, 0.29) is 11.0 Å². The minimum absolute atomic E-state index is 0.267. The fraction of sp³-hybridized carbons (Fsp3) is 0.300. The van der Waals surface area contributed by atoms with Crippen LogP contribution in [0.3, 0.4) is 0 Å². The van der Waals surface area contributed by atoms with Crippen LogP contribution in [0.15, 0.2) is 48.5 Å². The van der Waals surface area contributed by atoms with Crippen LogP contribution in [0.5, 0.6) is 5.75 Å². The van der Waals surface area contributed by atoms with Gasteiger partial charge in [0.2, 0.25) is 0 Å². The maximum atomic E-state index is 12.5. The lowest BCUT2D eigenvalue weighted by molar-refractivity contribution is 0.0973. The first-order chi connectivity index (χ1) is 12.0. The quantitative estimate of drug-likeness (QED) is 0.735. The molecule has 0 unspecified atom stereocenters. The summed E-state index contributed by atoms with van der Waals surface area (Å²) in [6.45, 7) is 6.82. The smallest absolute Gasteiger partial charge is 0.261 e. The van der Waals surface area contributed by atoms with E-state index in [1.807, 2.05) is 37.3 Å². The highest BCUT2D eigenvalue weighted by atomic mass is 32.1. The van der Waals surface area contributed by atoms with Gasteiger partial charge in [-0.15, -0.1) is 0 Å². The van der Waals surface area contributed by atoms with Crippen molar-refractivity contribution in [1.82, 2.24) is 5.32 Å². The summed E-state index contributed by atoms with van der Waals surface area (Å²) in [7, 11) is 0. The van der Waals surface area contributed by atoms with Gasteiger partial charge in [0, 0.05) is 5.69 Å². The number of hydrogen-bond donors (Lipinski definition) is 2. The maximum absolute atomic E-state index is 12.5. The summed E-state index contributed by atoms with van der Waals surface area (Å²) in [5.41, 5.74) is 2.52. The molecule has 5 heteroatoms. The Labute approximate surface area is 154 Å². The molecule has 2 rings (SSSR count). The number of thiocarbonyl (C=S) groups is 1. The molecule has 2 aromatic rings. The minimum Gasteiger partial charge on any atom is -0.493 e. The molecule has 0 fully saturated rings. The number of benzene rings is 2. The van der Waals surface area contributed by atoms with Crippen LogP contribution in [0.25, 0.3) is 0 Å². The molecule has 25 heavy (non-hydrogen) atoms. The number of nitrogens with one attached hydrogen (secondary N) is 2. The topological polar surface area (TPSA) is 50.4 Å².